The zero-order chi connectivity index (χ0) is 13.1. The van der Waals surface area contributed by atoms with Crippen LogP contribution in [0.5, 0.6) is 0 Å². The van der Waals surface area contributed by atoms with Crippen LogP contribution in [0.25, 0.3) is 0 Å². The van der Waals surface area contributed by atoms with E-state index in [1.807, 2.05) is 24.8 Å². The van der Waals surface area contributed by atoms with E-state index in [4.69, 9.17) is 4.74 Å². The maximum atomic E-state index is 11.8. The second kappa shape index (κ2) is 5.57. The molecule has 0 amide bonds. The van der Waals surface area contributed by atoms with Gasteiger partial charge in [-0.25, -0.2) is 4.79 Å². The zero-order valence-electron chi connectivity index (χ0n) is 10.6. The van der Waals surface area contributed by atoms with Gasteiger partial charge in [-0.3, -0.25) is 4.79 Å². The molecule has 0 N–H and O–H groups in total. The van der Waals surface area contributed by atoms with Gasteiger partial charge in [0.15, 0.2) is 0 Å². The minimum absolute atomic E-state index is 0.221. The molecule has 0 radical (unpaired) electrons. The summed E-state index contributed by atoms with van der Waals surface area (Å²) in [4.78, 5) is 24.3. The first-order chi connectivity index (χ1) is 8.61. The van der Waals surface area contributed by atoms with Gasteiger partial charge >= 0.3 is 5.97 Å². The van der Waals surface area contributed by atoms with Crippen molar-refractivity contribution in [3.63, 3.8) is 0 Å². The normalized spacial score (nSPS) is 14.3. The highest BCUT2D eigenvalue weighted by Crippen LogP contribution is 2.40. The Hall–Kier alpha value is -1.29. The van der Waals surface area contributed by atoms with Gasteiger partial charge in [-0.1, -0.05) is 0 Å². The number of ketones is 1. The number of ether oxygens (including phenoxy) is 1. The number of hydrogen-bond acceptors (Lipinski definition) is 4. The molecule has 0 bridgehead atoms. The van der Waals surface area contributed by atoms with E-state index in [0.29, 0.717) is 5.56 Å². The molecule has 0 spiro atoms. The molecule has 1 aromatic carbocycles. The van der Waals surface area contributed by atoms with Crippen molar-refractivity contribution in [1.29, 1.82) is 0 Å². The molecule has 96 valence electrons. The number of carbonyl (C=O) groups excluding carboxylic acids is 2. The summed E-state index contributed by atoms with van der Waals surface area (Å²) in [5.74, 6) is -1.34. The maximum Gasteiger partial charge on any atom is 0.379 e. The average Bonchev–Trinajstić information content (AvgIpc) is 3.15. The predicted molar refractivity (Wildman–Crippen MR) is 71.0 cm³/mol. The summed E-state index contributed by atoms with van der Waals surface area (Å²) in [5, 5.41) is 0.732. The third kappa shape index (κ3) is 3.13. The van der Waals surface area contributed by atoms with Crippen LogP contribution in [0.4, 0.5) is 0 Å². The van der Waals surface area contributed by atoms with Crippen LogP contribution >= 0.6 is 11.8 Å². The lowest BCUT2D eigenvalue weighted by Crippen LogP contribution is -2.17. The molecule has 0 heterocycles. The van der Waals surface area contributed by atoms with Gasteiger partial charge < -0.3 is 4.74 Å². The third-order valence-corrected chi connectivity index (χ3v) is 4.23. The molecule has 3 nitrogen and oxygen atoms in total. The van der Waals surface area contributed by atoms with E-state index in [1.165, 1.54) is 17.7 Å². The van der Waals surface area contributed by atoms with Crippen LogP contribution in [0.2, 0.25) is 0 Å². The monoisotopic (exact) mass is 264 g/mol. The SMILES string of the molecule is CCOC(=O)C(=O)c1ccc(SC2CC2)c(C)c1. The summed E-state index contributed by atoms with van der Waals surface area (Å²) in [6, 6.07) is 5.39. The van der Waals surface area contributed by atoms with Crippen LogP contribution in [-0.4, -0.2) is 23.6 Å². The van der Waals surface area contributed by atoms with Gasteiger partial charge in [0.2, 0.25) is 0 Å². The van der Waals surface area contributed by atoms with Crippen molar-refractivity contribution in [2.45, 2.75) is 36.8 Å². The minimum atomic E-state index is -0.778. The lowest BCUT2D eigenvalue weighted by atomic mass is 10.1. The summed E-state index contributed by atoms with van der Waals surface area (Å²) in [6.07, 6.45) is 2.54. The number of hydrogen-bond donors (Lipinski definition) is 0. The molecular weight excluding hydrogens is 248 g/mol. The number of Topliss-reactive ketones (excluding diaryl/α,β-unsaturated/α-hetero) is 1. The molecule has 0 aliphatic heterocycles. The van der Waals surface area contributed by atoms with Crippen molar-refractivity contribution in [3.05, 3.63) is 29.3 Å². The fourth-order valence-electron chi connectivity index (χ4n) is 1.60. The van der Waals surface area contributed by atoms with Crippen molar-refractivity contribution in [2.75, 3.05) is 6.61 Å². The molecule has 0 saturated heterocycles. The molecule has 1 aliphatic carbocycles. The molecular formula is C14H16O3S. The summed E-state index contributed by atoms with van der Waals surface area (Å²) in [6.45, 7) is 3.87. The topological polar surface area (TPSA) is 43.4 Å². The highest BCUT2D eigenvalue weighted by molar-refractivity contribution is 8.00. The number of rotatable bonds is 5. The number of thioether (sulfide) groups is 1. The Morgan fingerprint density at radius 2 is 2.11 bits per heavy atom. The molecule has 1 saturated carbocycles. The van der Waals surface area contributed by atoms with E-state index in [9.17, 15) is 9.59 Å². The van der Waals surface area contributed by atoms with Crippen LogP contribution < -0.4 is 0 Å². The summed E-state index contributed by atoms with van der Waals surface area (Å²) in [7, 11) is 0. The number of aryl methyl sites for hydroxylation is 1. The Bertz CT molecular complexity index is 478. The summed E-state index contributed by atoms with van der Waals surface area (Å²) >= 11 is 1.85. The maximum absolute atomic E-state index is 11.8. The molecule has 0 unspecified atom stereocenters. The third-order valence-electron chi connectivity index (χ3n) is 2.72. The van der Waals surface area contributed by atoms with Gasteiger partial charge in [-0.15, -0.1) is 11.8 Å². The highest BCUT2D eigenvalue weighted by atomic mass is 32.2. The predicted octanol–water partition coefficient (Wildman–Crippen LogP) is 3.00. The Morgan fingerprint density at radius 3 is 2.67 bits per heavy atom. The van der Waals surface area contributed by atoms with Crippen molar-refractivity contribution < 1.29 is 14.3 Å². The largest absolute Gasteiger partial charge is 0.460 e. The van der Waals surface area contributed by atoms with E-state index >= 15 is 0 Å². The van der Waals surface area contributed by atoms with E-state index in [1.54, 1.807) is 19.1 Å². The van der Waals surface area contributed by atoms with Crippen LogP contribution in [-0.2, 0) is 9.53 Å². The van der Waals surface area contributed by atoms with Crippen LogP contribution in [0.3, 0.4) is 0 Å². The van der Waals surface area contributed by atoms with Crippen molar-refractivity contribution in [1.82, 2.24) is 0 Å². The number of esters is 1. The highest BCUT2D eigenvalue weighted by Gasteiger charge is 2.24. The van der Waals surface area contributed by atoms with E-state index in [-0.39, 0.29) is 6.61 Å². The fourth-order valence-corrected chi connectivity index (χ4v) is 2.73. The lowest BCUT2D eigenvalue weighted by molar-refractivity contribution is -0.137. The first-order valence-electron chi connectivity index (χ1n) is 6.10. The van der Waals surface area contributed by atoms with E-state index in [0.717, 1.165) is 10.8 Å². The fraction of sp³-hybridized carbons (Fsp3) is 0.429. The van der Waals surface area contributed by atoms with E-state index in [2.05, 4.69) is 0 Å². The van der Waals surface area contributed by atoms with Gasteiger partial charge in [-0.05, 0) is 50.5 Å². The molecule has 2 rings (SSSR count). The standard InChI is InChI=1S/C14H16O3S/c1-3-17-14(16)13(15)10-4-7-12(9(2)8-10)18-11-5-6-11/h4,7-8,11H,3,5-6H2,1-2H3. The first kappa shape index (κ1) is 13.1. The zero-order valence-corrected chi connectivity index (χ0v) is 11.4. The van der Waals surface area contributed by atoms with Crippen molar-refractivity contribution in [2.24, 2.45) is 0 Å². The second-order valence-electron chi connectivity index (χ2n) is 4.35. The van der Waals surface area contributed by atoms with Crippen molar-refractivity contribution >= 4 is 23.5 Å². The van der Waals surface area contributed by atoms with E-state index < -0.39 is 11.8 Å². The molecule has 0 atom stereocenters. The second-order valence-corrected chi connectivity index (χ2v) is 5.69. The minimum Gasteiger partial charge on any atom is -0.460 e. The Morgan fingerprint density at radius 1 is 1.39 bits per heavy atom. The lowest BCUT2D eigenvalue weighted by Gasteiger charge is -2.07. The Kier molecular flexibility index (Phi) is 4.07. The molecule has 1 aliphatic rings. The van der Waals surface area contributed by atoms with Gasteiger partial charge in [0.25, 0.3) is 5.78 Å². The molecule has 0 aromatic heterocycles. The molecule has 4 heteroatoms. The van der Waals surface area contributed by atoms with Gasteiger partial charge in [0.1, 0.15) is 0 Å². The van der Waals surface area contributed by atoms with Gasteiger partial charge in [-0.2, -0.15) is 0 Å². The van der Waals surface area contributed by atoms with Gasteiger partial charge in [0.05, 0.1) is 6.61 Å². The molecule has 1 fully saturated rings. The first-order valence-corrected chi connectivity index (χ1v) is 6.98. The van der Waals surface area contributed by atoms with Crippen molar-refractivity contribution in [3.8, 4) is 0 Å². The summed E-state index contributed by atoms with van der Waals surface area (Å²) in [5.41, 5.74) is 1.45. The summed E-state index contributed by atoms with van der Waals surface area (Å²) < 4.78 is 4.71. The van der Waals surface area contributed by atoms with Gasteiger partial charge in [0, 0.05) is 15.7 Å². The number of carbonyl (C=O) groups is 2. The average molecular weight is 264 g/mol. The smallest absolute Gasteiger partial charge is 0.379 e. The quantitative estimate of drug-likeness (QED) is 0.466. The van der Waals surface area contributed by atoms with Crippen LogP contribution in [0.15, 0.2) is 23.1 Å². The molecule has 18 heavy (non-hydrogen) atoms. The van der Waals surface area contributed by atoms with Crippen LogP contribution in [0.1, 0.15) is 35.7 Å². The van der Waals surface area contributed by atoms with Crippen LogP contribution in [0, 0.1) is 6.92 Å². The molecule has 1 aromatic rings. The number of benzene rings is 1. The Balaban J connectivity index is 2.11. The Labute approximate surface area is 111 Å².